The van der Waals surface area contributed by atoms with Gasteiger partial charge in [0, 0.05) is 6.42 Å². The normalized spacial score (nSPS) is 17.5. The molecule has 0 amide bonds. The Balaban J connectivity index is 3.87. The van der Waals surface area contributed by atoms with E-state index in [0.717, 1.165) is 19.3 Å². The summed E-state index contributed by atoms with van der Waals surface area (Å²) in [5.41, 5.74) is 0. The second-order valence-electron chi connectivity index (χ2n) is 7.27. The minimum Gasteiger partial charge on any atom is -0.390 e. The van der Waals surface area contributed by atoms with E-state index in [-0.39, 0.29) is 6.42 Å². The molecule has 0 saturated carbocycles. The smallest absolute Gasteiger partial charge is 0.163 e. The zero-order valence-electron chi connectivity index (χ0n) is 16.5. The molecule has 0 radical (unpaired) electrons. The van der Waals surface area contributed by atoms with Crippen molar-refractivity contribution in [2.75, 3.05) is 0 Å². The summed E-state index contributed by atoms with van der Waals surface area (Å²) in [5.74, 6) is -0.618. The van der Waals surface area contributed by atoms with Gasteiger partial charge in [0.2, 0.25) is 0 Å². The lowest BCUT2D eigenvalue weighted by Crippen LogP contribution is -2.51. The van der Waals surface area contributed by atoms with Gasteiger partial charge in [-0.15, -0.1) is 0 Å². The lowest BCUT2D eigenvalue weighted by Gasteiger charge is -2.28. The summed E-state index contributed by atoms with van der Waals surface area (Å²) in [4.78, 5) is 11.4. The number of Topliss-reactive ketones (excluding diaryl/α,β-unsaturated/α-hetero) is 1. The molecule has 0 aromatic heterocycles. The van der Waals surface area contributed by atoms with Crippen LogP contribution >= 0.6 is 0 Å². The molecule has 0 heterocycles. The SMILES string of the molecule is CCCCCCCCCCCCC(O)[C@@H](O)[C@@H](O)[C@H](O)[C@@H](O)C(=O)CC. The van der Waals surface area contributed by atoms with Crippen molar-refractivity contribution in [3.63, 3.8) is 0 Å². The first-order valence-corrected chi connectivity index (χ1v) is 10.3. The van der Waals surface area contributed by atoms with Crippen LogP contribution in [0.25, 0.3) is 0 Å². The fourth-order valence-corrected chi connectivity index (χ4v) is 3.03. The highest BCUT2D eigenvalue weighted by Gasteiger charge is 2.36. The van der Waals surface area contributed by atoms with Gasteiger partial charge in [-0.05, 0) is 6.42 Å². The van der Waals surface area contributed by atoms with Gasteiger partial charge in [-0.3, -0.25) is 4.79 Å². The van der Waals surface area contributed by atoms with Crippen molar-refractivity contribution in [1.29, 1.82) is 0 Å². The van der Waals surface area contributed by atoms with Crippen LogP contribution in [-0.2, 0) is 4.79 Å². The van der Waals surface area contributed by atoms with E-state index in [1.54, 1.807) is 0 Å². The predicted octanol–water partition coefficient (Wildman–Crippen LogP) is 2.08. The Bertz CT molecular complexity index is 349. The second kappa shape index (κ2) is 15.5. The standard InChI is InChI=1S/C20H40O6/c1-3-5-6-7-8-9-10-11-12-13-14-16(22)18(24)20(26)19(25)17(23)15(21)4-2/h16-20,22-26H,3-14H2,1-2H3/t16?,17-,18+,19+,20+/m0/s1. The molecule has 0 spiro atoms. The highest BCUT2D eigenvalue weighted by atomic mass is 16.4. The number of aliphatic hydroxyl groups is 5. The highest BCUT2D eigenvalue weighted by Crippen LogP contribution is 2.16. The van der Waals surface area contributed by atoms with Crippen molar-refractivity contribution in [2.45, 2.75) is 121 Å². The molecule has 0 fully saturated rings. The van der Waals surface area contributed by atoms with Crippen LogP contribution in [0.15, 0.2) is 0 Å². The summed E-state index contributed by atoms with van der Waals surface area (Å²) in [6.45, 7) is 3.74. The average molecular weight is 377 g/mol. The molecule has 156 valence electrons. The third kappa shape index (κ3) is 10.6. The maximum Gasteiger partial charge on any atom is 0.163 e. The topological polar surface area (TPSA) is 118 Å². The third-order valence-electron chi connectivity index (χ3n) is 4.95. The van der Waals surface area contributed by atoms with Gasteiger partial charge < -0.3 is 25.5 Å². The van der Waals surface area contributed by atoms with Gasteiger partial charge in [0.25, 0.3) is 0 Å². The van der Waals surface area contributed by atoms with Crippen LogP contribution in [0.1, 0.15) is 90.9 Å². The maximum absolute atomic E-state index is 11.4. The number of rotatable bonds is 17. The van der Waals surface area contributed by atoms with Crippen molar-refractivity contribution in [3.05, 3.63) is 0 Å². The van der Waals surface area contributed by atoms with Crippen LogP contribution in [0, 0.1) is 0 Å². The minimum absolute atomic E-state index is 0.0161. The van der Waals surface area contributed by atoms with Gasteiger partial charge in [-0.25, -0.2) is 0 Å². The quantitative estimate of drug-likeness (QED) is 0.248. The lowest BCUT2D eigenvalue weighted by molar-refractivity contribution is -0.153. The number of ketones is 1. The summed E-state index contributed by atoms with van der Waals surface area (Å²) in [7, 11) is 0. The number of carbonyl (C=O) groups is 1. The fourth-order valence-electron chi connectivity index (χ4n) is 3.03. The Kier molecular flexibility index (Phi) is 15.2. The molecule has 0 aliphatic carbocycles. The Morgan fingerprint density at radius 1 is 0.654 bits per heavy atom. The molecular weight excluding hydrogens is 336 g/mol. The molecule has 1 unspecified atom stereocenters. The van der Waals surface area contributed by atoms with Crippen molar-refractivity contribution >= 4 is 5.78 Å². The van der Waals surface area contributed by atoms with E-state index in [9.17, 15) is 30.3 Å². The van der Waals surface area contributed by atoms with Gasteiger partial charge in [-0.2, -0.15) is 0 Å². The van der Waals surface area contributed by atoms with Crippen LogP contribution in [0.3, 0.4) is 0 Å². The number of unbranched alkanes of at least 4 members (excludes halogenated alkanes) is 9. The van der Waals surface area contributed by atoms with E-state index in [0.29, 0.717) is 12.8 Å². The lowest BCUT2D eigenvalue weighted by atomic mass is 9.94. The number of carbonyl (C=O) groups excluding carboxylic acids is 1. The molecule has 0 rings (SSSR count). The Morgan fingerprint density at radius 3 is 1.58 bits per heavy atom. The Labute approximate surface area is 158 Å². The van der Waals surface area contributed by atoms with Gasteiger partial charge in [0.05, 0.1) is 6.10 Å². The van der Waals surface area contributed by atoms with Crippen molar-refractivity contribution in [2.24, 2.45) is 0 Å². The monoisotopic (exact) mass is 376 g/mol. The van der Waals surface area contributed by atoms with Crippen molar-refractivity contribution in [3.8, 4) is 0 Å². The largest absolute Gasteiger partial charge is 0.390 e. The molecule has 26 heavy (non-hydrogen) atoms. The summed E-state index contributed by atoms with van der Waals surface area (Å²) < 4.78 is 0. The molecule has 0 aliphatic rings. The Morgan fingerprint density at radius 2 is 1.12 bits per heavy atom. The van der Waals surface area contributed by atoms with E-state index in [1.807, 2.05) is 0 Å². The van der Waals surface area contributed by atoms with Crippen LogP contribution in [0.5, 0.6) is 0 Å². The first-order chi connectivity index (χ1) is 12.4. The van der Waals surface area contributed by atoms with Crippen LogP contribution in [0.4, 0.5) is 0 Å². The van der Waals surface area contributed by atoms with Gasteiger partial charge in [0.15, 0.2) is 5.78 Å². The second-order valence-corrected chi connectivity index (χ2v) is 7.27. The fraction of sp³-hybridized carbons (Fsp3) is 0.950. The Hall–Kier alpha value is -0.530. The molecular formula is C20H40O6. The minimum atomic E-state index is -1.81. The molecule has 0 aliphatic heterocycles. The maximum atomic E-state index is 11.4. The molecule has 0 bridgehead atoms. The molecule has 5 N–H and O–H groups in total. The zero-order chi connectivity index (χ0) is 19.9. The molecule has 0 aromatic carbocycles. The van der Waals surface area contributed by atoms with E-state index in [2.05, 4.69) is 6.92 Å². The van der Waals surface area contributed by atoms with Gasteiger partial charge in [-0.1, -0.05) is 78.1 Å². The summed E-state index contributed by atoms with van der Waals surface area (Å²) in [6, 6.07) is 0. The molecule has 0 saturated heterocycles. The van der Waals surface area contributed by atoms with Crippen LogP contribution in [-0.4, -0.2) is 61.8 Å². The van der Waals surface area contributed by atoms with Gasteiger partial charge in [0.1, 0.15) is 24.4 Å². The molecule has 6 heteroatoms. The predicted molar refractivity (Wildman–Crippen MR) is 102 cm³/mol. The highest BCUT2D eigenvalue weighted by molar-refractivity contribution is 5.83. The van der Waals surface area contributed by atoms with E-state index < -0.39 is 36.3 Å². The van der Waals surface area contributed by atoms with E-state index >= 15 is 0 Å². The van der Waals surface area contributed by atoms with Crippen LogP contribution in [0.2, 0.25) is 0 Å². The van der Waals surface area contributed by atoms with Gasteiger partial charge >= 0.3 is 0 Å². The van der Waals surface area contributed by atoms with Crippen molar-refractivity contribution in [1.82, 2.24) is 0 Å². The number of aliphatic hydroxyl groups excluding tert-OH is 5. The molecule has 0 aromatic rings. The first kappa shape index (κ1) is 25.5. The van der Waals surface area contributed by atoms with E-state index in [1.165, 1.54) is 45.4 Å². The summed E-state index contributed by atoms with van der Waals surface area (Å²) in [6.07, 6.45) is 3.77. The number of hydrogen-bond donors (Lipinski definition) is 5. The molecule has 6 nitrogen and oxygen atoms in total. The van der Waals surface area contributed by atoms with Crippen LogP contribution < -0.4 is 0 Å². The summed E-state index contributed by atoms with van der Waals surface area (Å²) >= 11 is 0. The average Bonchev–Trinajstić information content (AvgIpc) is 2.66. The third-order valence-corrected chi connectivity index (χ3v) is 4.95. The molecule has 5 atom stereocenters. The summed E-state index contributed by atoms with van der Waals surface area (Å²) in [5, 5.41) is 49.1. The van der Waals surface area contributed by atoms with E-state index in [4.69, 9.17) is 0 Å². The van der Waals surface area contributed by atoms with Crippen molar-refractivity contribution < 1.29 is 30.3 Å². The zero-order valence-corrected chi connectivity index (χ0v) is 16.5. The first-order valence-electron chi connectivity index (χ1n) is 10.3. The number of hydrogen-bond acceptors (Lipinski definition) is 6.